The van der Waals surface area contributed by atoms with Crippen LogP contribution in [-0.2, 0) is 16.1 Å². The number of carboxylic acid groups (broad SMARTS) is 1. The molecule has 2 aliphatic heterocycles. The number of hydrogen-bond acceptors (Lipinski definition) is 7. The molecule has 1 amide bonds. The van der Waals surface area contributed by atoms with E-state index in [1.807, 2.05) is 11.8 Å². The fraction of sp³-hybridized carbons (Fsp3) is 0.526. The van der Waals surface area contributed by atoms with E-state index in [0.717, 1.165) is 36.9 Å². The highest BCUT2D eigenvalue weighted by Crippen LogP contribution is 2.26. The number of aliphatic carboxylic acids is 1. The monoisotopic (exact) mass is 461 g/mol. The third-order valence-electron chi connectivity index (χ3n) is 4.96. The van der Waals surface area contributed by atoms with Crippen molar-refractivity contribution in [1.29, 1.82) is 0 Å². The zero-order valence-electron chi connectivity index (χ0n) is 16.7. The molecule has 0 aromatic carbocycles. The number of rotatable bonds is 3. The average Bonchev–Trinajstić information content (AvgIpc) is 3.42. The largest absolute Gasteiger partial charge is 0.490 e. The minimum absolute atomic E-state index is 0.0297. The third kappa shape index (κ3) is 6.28. The molecule has 4 rings (SSSR count). The number of amides is 1. The fourth-order valence-electron chi connectivity index (χ4n) is 3.55. The van der Waals surface area contributed by atoms with Gasteiger partial charge >= 0.3 is 12.1 Å². The number of halogens is 3. The number of carbonyl (C=O) groups is 2. The number of fused-ring (bicyclic) bond motifs is 1. The molecule has 0 aliphatic carbocycles. The second kappa shape index (κ2) is 9.79. The minimum atomic E-state index is -5.08. The Balaban J connectivity index is 0.000000339. The van der Waals surface area contributed by atoms with Crippen LogP contribution in [0.25, 0.3) is 0 Å². The van der Waals surface area contributed by atoms with Crippen molar-refractivity contribution in [1.82, 2.24) is 14.8 Å². The van der Waals surface area contributed by atoms with Crippen LogP contribution in [-0.4, -0.2) is 76.8 Å². The van der Waals surface area contributed by atoms with E-state index >= 15 is 0 Å². The summed E-state index contributed by atoms with van der Waals surface area (Å²) in [6.45, 7) is 6.85. The summed E-state index contributed by atoms with van der Waals surface area (Å²) in [5.41, 5.74) is 1.74. The van der Waals surface area contributed by atoms with Crippen molar-refractivity contribution in [2.45, 2.75) is 25.7 Å². The molecule has 2 aromatic heterocycles. The summed E-state index contributed by atoms with van der Waals surface area (Å²) in [5, 5.41) is 10.4. The zero-order valence-corrected chi connectivity index (χ0v) is 17.5. The number of carboxylic acids is 1. The third-order valence-corrected chi connectivity index (χ3v) is 5.79. The molecular formula is C19H22F3N3O5S. The SMILES string of the molecule is Cc1nc(CN2CCO[C@@H]3CN(C(=O)c4ccoc4)C[C@@H]3C2)cs1.O=C(O)C(F)(F)F. The summed E-state index contributed by atoms with van der Waals surface area (Å²) in [4.78, 5) is 30.2. The Hall–Kier alpha value is -2.44. The standard InChI is InChI=1S/C17H21N3O3S.C2HF3O2/c1-12-18-15(11-24-12)8-19-3-5-23-16-9-20(7-14(16)6-19)17(21)13-2-4-22-10-13;3-2(4,5)1(6)7/h2,4,10-11,14,16H,3,5-9H2,1H3;(H,6,7)/t14-,16+;/m0./s1. The number of aryl methyl sites for hydroxylation is 1. The summed E-state index contributed by atoms with van der Waals surface area (Å²) < 4.78 is 42.8. The molecule has 31 heavy (non-hydrogen) atoms. The van der Waals surface area contributed by atoms with E-state index in [4.69, 9.17) is 19.1 Å². The van der Waals surface area contributed by atoms with Crippen molar-refractivity contribution in [3.8, 4) is 0 Å². The molecule has 0 unspecified atom stereocenters. The van der Waals surface area contributed by atoms with Gasteiger partial charge in [-0.1, -0.05) is 0 Å². The normalized spacial score (nSPS) is 21.7. The first-order chi connectivity index (χ1) is 14.6. The van der Waals surface area contributed by atoms with Crippen LogP contribution in [0.4, 0.5) is 13.2 Å². The predicted octanol–water partition coefficient (Wildman–Crippen LogP) is 2.65. The van der Waals surface area contributed by atoms with Gasteiger partial charge in [0, 0.05) is 44.0 Å². The van der Waals surface area contributed by atoms with Crippen LogP contribution in [0.5, 0.6) is 0 Å². The van der Waals surface area contributed by atoms with E-state index in [1.54, 1.807) is 17.4 Å². The predicted molar refractivity (Wildman–Crippen MR) is 104 cm³/mol. The van der Waals surface area contributed by atoms with E-state index in [0.29, 0.717) is 24.6 Å². The lowest BCUT2D eigenvalue weighted by molar-refractivity contribution is -0.192. The molecule has 2 fully saturated rings. The van der Waals surface area contributed by atoms with Crippen molar-refractivity contribution in [2.24, 2.45) is 5.92 Å². The van der Waals surface area contributed by atoms with Gasteiger partial charge in [-0.3, -0.25) is 9.69 Å². The molecule has 0 radical (unpaired) electrons. The van der Waals surface area contributed by atoms with Gasteiger partial charge in [-0.25, -0.2) is 9.78 Å². The molecule has 2 saturated heterocycles. The lowest BCUT2D eigenvalue weighted by Gasteiger charge is -2.22. The Kier molecular flexibility index (Phi) is 7.34. The van der Waals surface area contributed by atoms with Crippen LogP contribution in [0.1, 0.15) is 21.1 Å². The van der Waals surface area contributed by atoms with E-state index in [-0.39, 0.29) is 12.0 Å². The number of furan rings is 1. The minimum Gasteiger partial charge on any atom is -0.475 e. The maximum atomic E-state index is 12.5. The molecule has 2 atom stereocenters. The van der Waals surface area contributed by atoms with Gasteiger partial charge in [0.1, 0.15) is 6.26 Å². The highest BCUT2D eigenvalue weighted by atomic mass is 32.1. The fourth-order valence-corrected chi connectivity index (χ4v) is 4.15. The average molecular weight is 461 g/mol. The number of carbonyl (C=O) groups excluding carboxylic acids is 1. The molecule has 12 heteroatoms. The van der Waals surface area contributed by atoms with Gasteiger partial charge in [-0.2, -0.15) is 13.2 Å². The Morgan fingerprint density at radius 2 is 2.06 bits per heavy atom. The lowest BCUT2D eigenvalue weighted by atomic mass is 10.1. The van der Waals surface area contributed by atoms with Gasteiger partial charge in [-0.15, -0.1) is 11.3 Å². The highest BCUT2D eigenvalue weighted by Gasteiger charge is 2.39. The number of thiazole rings is 1. The van der Waals surface area contributed by atoms with Gasteiger partial charge in [0.15, 0.2) is 0 Å². The summed E-state index contributed by atoms with van der Waals surface area (Å²) >= 11 is 1.69. The molecular weight excluding hydrogens is 439 g/mol. The second-order valence-corrected chi connectivity index (χ2v) is 8.35. The van der Waals surface area contributed by atoms with Crippen LogP contribution in [0.2, 0.25) is 0 Å². The smallest absolute Gasteiger partial charge is 0.475 e. The van der Waals surface area contributed by atoms with Crippen LogP contribution < -0.4 is 0 Å². The number of aromatic nitrogens is 1. The quantitative estimate of drug-likeness (QED) is 0.751. The molecule has 170 valence electrons. The molecule has 2 aliphatic rings. The van der Waals surface area contributed by atoms with Crippen molar-refractivity contribution < 1.29 is 37.0 Å². The molecule has 0 saturated carbocycles. The van der Waals surface area contributed by atoms with Crippen molar-refractivity contribution >= 4 is 23.2 Å². The van der Waals surface area contributed by atoms with Gasteiger partial charge < -0.3 is 19.2 Å². The van der Waals surface area contributed by atoms with E-state index in [2.05, 4.69) is 15.3 Å². The Bertz CT molecular complexity index is 887. The van der Waals surface area contributed by atoms with Gasteiger partial charge in [0.25, 0.3) is 5.91 Å². The number of hydrogen-bond donors (Lipinski definition) is 1. The Morgan fingerprint density at radius 1 is 1.32 bits per heavy atom. The summed E-state index contributed by atoms with van der Waals surface area (Å²) in [6.07, 6.45) is -1.91. The van der Waals surface area contributed by atoms with Gasteiger partial charge in [0.2, 0.25) is 0 Å². The van der Waals surface area contributed by atoms with E-state index < -0.39 is 12.1 Å². The Labute approximate surface area is 180 Å². The topological polar surface area (TPSA) is 96.1 Å². The van der Waals surface area contributed by atoms with Crippen LogP contribution >= 0.6 is 11.3 Å². The molecule has 8 nitrogen and oxygen atoms in total. The number of ether oxygens (including phenoxy) is 1. The molecule has 1 N–H and O–H groups in total. The summed E-state index contributed by atoms with van der Waals surface area (Å²) in [7, 11) is 0. The number of alkyl halides is 3. The molecule has 0 spiro atoms. The van der Waals surface area contributed by atoms with Crippen LogP contribution in [0.15, 0.2) is 28.4 Å². The van der Waals surface area contributed by atoms with E-state index in [1.165, 1.54) is 12.5 Å². The second-order valence-electron chi connectivity index (χ2n) is 7.29. The van der Waals surface area contributed by atoms with Crippen LogP contribution in [0.3, 0.4) is 0 Å². The Morgan fingerprint density at radius 3 is 2.65 bits per heavy atom. The van der Waals surface area contributed by atoms with Crippen molar-refractivity contribution in [2.75, 3.05) is 32.8 Å². The lowest BCUT2D eigenvalue weighted by Crippen LogP contribution is -2.33. The first-order valence-corrected chi connectivity index (χ1v) is 10.4. The van der Waals surface area contributed by atoms with Gasteiger partial charge in [0.05, 0.1) is 35.2 Å². The number of likely N-dealkylation sites (tertiary alicyclic amines) is 1. The molecule has 2 aromatic rings. The zero-order chi connectivity index (χ0) is 22.6. The summed E-state index contributed by atoms with van der Waals surface area (Å²) in [5.74, 6) is -2.38. The summed E-state index contributed by atoms with van der Waals surface area (Å²) in [6, 6.07) is 1.72. The maximum absolute atomic E-state index is 12.5. The van der Waals surface area contributed by atoms with E-state index in [9.17, 15) is 18.0 Å². The number of nitrogens with zero attached hydrogens (tertiary/aromatic N) is 3. The van der Waals surface area contributed by atoms with Gasteiger partial charge in [-0.05, 0) is 13.0 Å². The maximum Gasteiger partial charge on any atom is 0.490 e. The van der Waals surface area contributed by atoms with Crippen LogP contribution in [0, 0.1) is 12.8 Å². The highest BCUT2D eigenvalue weighted by molar-refractivity contribution is 7.09. The van der Waals surface area contributed by atoms with Crippen molar-refractivity contribution in [3.63, 3.8) is 0 Å². The van der Waals surface area contributed by atoms with Crippen molar-refractivity contribution in [3.05, 3.63) is 40.2 Å². The first-order valence-electron chi connectivity index (χ1n) is 9.50. The molecule has 0 bridgehead atoms. The molecule has 4 heterocycles. The first kappa shape index (κ1) is 23.2.